The monoisotopic (exact) mass is 257 g/mol. The third-order valence-corrected chi connectivity index (χ3v) is 3.20. The minimum absolute atomic E-state index is 0.182. The Morgan fingerprint density at radius 3 is 2.22 bits per heavy atom. The molecular formula is C16H35NO. The van der Waals surface area contributed by atoms with Gasteiger partial charge in [-0.3, -0.25) is 0 Å². The molecule has 0 aromatic rings. The van der Waals surface area contributed by atoms with Gasteiger partial charge >= 0.3 is 0 Å². The first-order valence-electron chi connectivity index (χ1n) is 7.79. The number of rotatable bonds is 10. The molecule has 0 radical (unpaired) electrons. The fourth-order valence-corrected chi connectivity index (χ4v) is 1.96. The lowest BCUT2D eigenvalue weighted by Gasteiger charge is -2.27. The van der Waals surface area contributed by atoms with E-state index in [2.05, 4.69) is 46.9 Å². The first kappa shape index (κ1) is 17.9. The fourth-order valence-electron chi connectivity index (χ4n) is 1.96. The average Bonchev–Trinajstić information content (AvgIpc) is 2.29. The van der Waals surface area contributed by atoms with Gasteiger partial charge in [0.1, 0.15) is 0 Å². The molecule has 0 saturated heterocycles. The topological polar surface area (TPSA) is 21.3 Å². The molecule has 0 rings (SSSR count). The number of nitrogens with one attached hydrogen (secondary N) is 1. The van der Waals surface area contributed by atoms with Crippen molar-refractivity contribution in [2.75, 3.05) is 6.54 Å². The van der Waals surface area contributed by atoms with E-state index in [1.807, 2.05) is 0 Å². The van der Waals surface area contributed by atoms with Crippen LogP contribution in [0.25, 0.3) is 0 Å². The quantitative estimate of drug-likeness (QED) is 0.581. The summed E-state index contributed by atoms with van der Waals surface area (Å²) in [5.41, 5.74) is 0.182. The summed E-state index contributed by atoms with van der Waals surface area (Å²) in [4.78, 5) is 0. The van der Waals surface area contributed by atoms with Gasteiger partial charge in [0.25, 0.3) is 0 Å². The van der Waals surface area contributed by atoms with Crippen LogP contribution in [0.5, 0.6) is 0 Å². The molecule has 2 nitrogen and oxygen atoms in total. The third kappa shape index (κ3) is 11.0. The van der Waals surface area contributed by atoms with E-state index in [1.54, 1.807) is 0 Å². The predicted molar refractivity (Wildman–Crippen MR) is 81.1 cm³/mol. The van der Waals surface area contributed by atoms with Crippen molar-refractivity contribution in [1.29, 1.82) is 0 Å². The molecular weight excluding hydrogens is 222 g/mol. The van der Waals surface area contributed by atoms with Crippen LogP contribution >= 0.6 is 0 Å². The molecule has 0 fully saturated rings. The smallest absolute Gasteiger partial charge is 0.0700 e. The molecule has 0 bridgehead atoms. The molecule has 2 heteroatoms. The molecule has 0 amide bonds. The van der Waals surface area contributed by atoms with Crippen molar-refractivity contribution in [2.24, 2.45) is 0 Å². The van der Waals surface area contributed by atoms with Crippen LogP contribution in [0.2, 0.25) is 0 Å². The standard InChI is InChI=1S/C16H35NO/c1-7-9-10-11-12-14(3)18-15(8-2)13-17-16(4,5)6/h14-15,17H,7-13H2,1-6H3. The van der Waals surface area contributed by atoms with Crippen LogP contribution in [0.4, 0.5) is 0 Å². The van der Waals surface area contributed by atoms with Gasteiger partial charge in [-0.05, 0) is 40.5 Å². The van der Waals surface area contributed by atoms with Crippen LogP contribution in [0.15, 0.2) is 0 Å². The Balaban J connectivity index is 3.75. The van der Waals surface area contributed by atoms with E-state index in [0.29, 0.717) is 12.2 Å². The minimum Gasteiger partial charge on any atom is -0.374 e. The van der Waals surface area contributed by atoms with Crippen LogP contribution in [0.3, 0.4) is 0 Å². The maximum Gasteiger partial charge on any atom is 0.0700 e. The maximum absolute atomic E-state index is 6.11. The van der Waals surface area contributed by atoms with Crippen molar-refractivity contribution < 1.29 is 4.74 Å². The van der Waals surface area contributed by atoms with Crippen molar-refractivity contribution in [3.8, 4) is 0 Å². The molecule has 18 heavy (non-hydrogen) atoms. The SMILES string of the molecule is CCCCCCC(C)OC(CC)CNC(C)(C)C. The first-order valence-corrected chi connectivity index (χ1v) is 7.79. The molecule has 0 aliphatic rings. The summed E-state index contributed by atoms with van der Waals surface area (Å²) in [7, 11) is 0. The number of hydrogen-bond acceptors (Lipinski definition) is 2. The molecule has 1 N–H and O–H groups in total. The first-order chi connectivity index (χ1) is 8.39. The van der Waals surface area contributed by atoms with Gasteiger partial charge in [-0.15, -0.1) is 0 Å². The highest BCUT2D eigenvalue weighted by Crippen LogP contribution is 2.11. The summed E-state index contributed by atoms with van der Waals surface area (Å²) in [6.45, 7) is 14.2. The Kier molecular flexibility index (Phi) is 9.76. The highest BCUT2D eigenvalue weighted by atomic mass is 16.5. The zero-order valence-corrected chi connectivity index (χ0v) is 13.5. The van der Waals surface area contributed by atoms with Gasteiger partial charge in [-0.2, -0.15) is 0 Å². The second-order valence-corrected chi connectivity index (χ2v) is 6.46. The van der Waals surface area contributed by atoms with Crippen LogP contribution in [0.1, 0.15) is 80.1 Å². The maximum atomic E-state index is 6.11. The van der Waals surface area contributed by atoms with Crippen LogP contribution in [0, 0.1) is 0 Å². The predicted octanol–water partition coefficient (Wildman–Crippen LogP) is 4.53. The molecule has 0 aromatic carbocycles. The number of unbranched alkanes of at least 4 members (excludes halogenated alkanes) is 3. The van der Waals surface area contributed by atoms with Crippen molar-refractivity contribution >= 4 is 0 Å². The average molecular weight is 257 g/mol. The Hall–Kier alpha value is -0.0800. The summed E-state index contributed by atoms with van der Waals surface area (Å²) < 4.78 is 6.11. The van der Waals surface area contributed by atoms with E-state index in [-0.39, 0.29) is 5.54 Å². The largest absolute Gasteiger partial charge is 0.374 e. The van der Waals surface area contributed by atoms with Gasteiger partial charge in [-0.25, -0.2) is 0 Å². The Labute approximate surface area is 115 Å². The summed E-state index contributed by atoms with van der Waals surface area (Å²) >= 11 is 0. The molecule has 2 unspecified atom stereocenters. The van der Waals surface area contributed by atoms with Gasteiger partial charge in [-0.1, -0.05) is 39.5 Å². The van der Waals surface area contributed by atoms with Gasteiger partial charge in [0.05, 0.1) is 12.2 Å². The minimum atomic E-state index is 0.182. The fraction of sp³-hybridized carbons (Fsp3) is 1.00. The summed E-state index contributed by atoms with van der Waals surface area (Å²) in [6, 6.07) is 0. The summed E-state index contributed by atoms with van der Waals surface area (Å²) in [6.07, 6.45) is 8.35. The Bertz CT molecular complexity index is 186. The lowest BCUT2D eigenvalue weighted by molar-refractivity contribution is -0.0108. The van der Waals surface area contributed by atoms with E-state index < -0.39 is 0 Å². The van der Waals surface area contributed by atoms with Gasteiger partial charge in [0.15, 0.2) is 0 Å². The van der Waals surface area contributed by atoms with Gasteiger partial charge in [0.2, 0.25) is 0 Å². The second-order valence-electron chi connectivity index (χ2n) is 6.46. The lowest BCUT2D eigenvalue weighted by Crippen LogP contribution is -2.42. The zero-order valence-electron chi connectivity index (χ0n) is 13.5. The van der Waals surface area contributed by atoms with Crippen LogP contribution < -0.4 is 5.32 Å². The van der Waals surface area contributed by atoms with E-state index in [0.717, 1.165) is 13.0 Å². The van der Waals surface area contributed by atoms with E-state index in [9.17, 15) is 0 Å². The van der Waals surface area contributed by atoms with Crippen molar-refractivity contribution in [3.63, 3.8) is 0 Å². The second kappa shape index (κ2) is 9.80. The van der Waals surface area contributed by atoms with Crippen molar-refractivity contribution in [2.45, 2.75) is 97.8 Å². The molecule has 2 atom stereocenters. The highest BCUT2D eigenvalue weighted by Gasteiger charge is 2.15. The third-order valence-electron chi connectivity index (χ3n) is 3.20. The molecule has 0 heterocycles. The Morgan fingerprint density at radius 2 is 1.72 bits per heavy atom. The van der Waals surface area contributed by atoms with Crippen LogP contribution in [-0.4, -0.2) is 24.3 Å². The van der Waals surface area contributed by atoms with Gasteiger partial charge in [0, 0.05) is 12.1 Å². The molecule has 0 saturated carbocycles. The van der Waals surface area contributed by atoms with Gasteiger partial charge < -0.3 is 10.1 Å². The summed E-state index contributed by atoms with van der Waals surface area (Å²) in [5, 5.41) is 3.53. The normalized spacial score (nSPS) is 15.7. The molecule has 0 spiro atoms. The lowest BCUT2D eigenvalue weighted by atomic mass is 10.1. The number of hydrogen-bond donors (Lipinski definition) is 1. The van der Waals surface area contributed by atoms with E-state index >= 15 is 0 Å². The molecule has 0 aliphatic heterocycles. The molecule has 110 valence electrons. The van der Waals surface area contributed by atoms with Crippen molar-refractivity contribution in [3.05, 3.63) is 0 Å². The van der Waals surface area contributed by atoms with Crippen molar-refractivity contribution in [1.82, 2.24) is 5.32 Å². The van der Waals surface area contributed by atoms with Crippen LogP contribution in [-0.2, 0) is 4.74 Å². The van der Waals surface area contributed by atoms with E-state index in [1.165, 1.54) is 32.1 Å². The van der Waals surface area contributed by atoms with E-state index in [4.69, 9.17) is 4.74 Å². The number of ether oxygens (including phenoxy) is 1. The molecule has 0 aliphatic carbocycles. The highest BCUT2D eigenvalue weighted by molar-refractivity contribution is 4.73. The zero-order chi connectivity index (χ0) is 14.0. The molecule has 0 aromatic heterocycles. The Morgan fingerprint density at radius 1 is 1.06 bits per heavy atom. The summed E-state index contributed by atoms with van der Waals surface area (Å²) in [5.74, 6) is 0.